The molecular weight excluding hydrogens is 362 g/mol. The number of nitrogens with zero attached hydrogens (tertiary/aromatic N) is 2. The van der Waals surface area contributed by atoms with E-state index in [1.54, 1.807) is 11.8 Å². The van der Waals surface area contributed by atoms with E-state index in [0.29, 0.717) is 6.04 Å². The van der Waals surface area contributed by atoms with Crippen LogP contribution in [0.25, 0.3) is 0 Å². The van der Waals surface area contributed by atoms with Gasteiger partial charge in [-0.15, -0.1) is 0 Å². The lowest BCUT2D eigenvalue weighted by Crippen LogP contribution is -2.23. The Hall–Kier alpha value is -2.33. The summed E-state index contributed by atoms with van der Waals surface area (Å²) >= 11 is 1.74. The predicted octanol–water partition coefficient (Wildman–Crippen LogP) is 5.23. The quantitative estimate of drug-likeness (QED) is 0.481. The molecule has 0 spiro atoms. The van der Waals surface area contributed by atoms with Gasteiger partial charge >= 0.3 is 0 Å². The molecule has 2 aliphatic rings. The maximum atomic E-state index is 4.97. The van der Waals surface area contributed by atoms with Gasteiger partial charge in [0.2, 0.25) is 0 Å². The summed E-state index contributed by atoms with van der Waals surface area (Å²) in [7, 11) is 0. The Morgan fingerprint density at radius 2 is 1.57 bits per heavy atom. The third-order valence-electron chi connectivity index (χ3n) is 5.77. The summed E-state index contributed by atoms with van der Waals surface area (Å²) in [4.78, 5) is 9.88. The molecule has 3 aromatic rings. The number of anilines is 1. The number of aryl methyl sites for hydroxylation is 1. The first-order valence-electron chi connectivity index (χ1n) is 10.2. The van der Waals surface area contributed by atoms with Crippen molar-refractivity contribution >= 4 is 17.6 Å². The molecule has 0 fully saturated rings. The first-order valence-corrected chi connectivity index (χ1v) is 11.2. The van der Waals surface area contributed by atoms with Gasteiger partial charge in [0.25, 0.3) is 0 Å². The zero-order valence-electron chi connectivity index (χ0n) is 16.0. The normalized spacial score (nSPS) is 15.9. The standard InChI is InChI=1S/C24H25N3S/c1-2-8-17(9-3-1)16-28-24-26-22-13-7-6-12-21(22)23(27-24)25-20-14-18-10-4-5-11-19(18)15-20/h1-5,8-11,20H,6-7,12-16H2,(H,25,26,27). The van der Waals surface area contributed by atoms with Crippen LogP contribution in [0.15, 0.2) is 59.8 Å². The van der Waals surface area contributed by atoms with Gasteiger partial charge in [0.15, 0.2) is 5.16 Å². The highest BCUT2D eigenvalue weighted by molar-refractivity contribution is 7.98. The molecular formula is C24H25N3S. The number of rotatable bonds is 5. The maximum Gasteiger partial charge on any atom is 0.190 e. The molecule has 1 aromatic heterocycles. The molecule has 0 atom stereocenters. The van der Waals surface area contributed by atoms with Crippen molar-refractivity contribution in [2.24, 2.45) is 0 Å². The Kier molecular flexibility index (Phi) is 5.05. The zero-order chi connectivity index (χ0) is 18.8. The van der Waals surface area contributed by atoms with E-state index in [0.717, 1.165) is 42.4 Å². The zero-order valence-corrected chi connectivity index (χ0v) is 16.8. The number of benzene rings is 2. The van der Waals surface area contributed by atoms with Crippen LogP contribution < -0.4 is 5.32 Å². The lowest BCUT2D eigenvalue weighted by molar-refractivity contribution is 0.646. The highest BCUT2D eigenvalue weighted by atomic mass is 32.2. The molecule has 2 aliphatic carbocycles. The molecule has 4 heteroatoms. The lowest BCUT2D eigenvalue weighted by atomic mass is 9.96. The summed E-state index contributed by atoms with van der Waals surface area (Å²) in [5.74, 6) is 1.99. The van der Waals surface area contributed by atoms with E-state index < -0.39 is 0 Å². The minimum absolute atomic E-state index is 0.435. The molecule has 5 rings (SSSR count). The SMILES string of the molecule is c1ccc(CSc2nc3c(c(NC4Cc5ccccc5C4)n2)CCCC3)cc1. The minimum atomic E-state index is 0.435. The van der Waals surface area contributed by atoms with Crippen LogP contribution in [-0.2, 0) is 31.4 Å². The number of nitrogens with one attached hydrogen (secondary N) is 1. The highest BCUT2D eigenvalue weighted by Crippen LogP contribution is 2.31. The molecule has 1 N–H and O–H groups in total. The topological polar surface area (TPSA) is 37.8 Å². The summed E-state index contributed by atoms with van der Waals surface area (Å²) in [6.07, 6.45) is 6.83. The van der Waals surface area contributed by atoms with E-state index in [4.69, 9.17) is 9.97 Å². The first kappa shape index (κ1) is 17.7. The Morgan fingerprint density at radius 1 is 0.857 bits per heavy atom. The van der Waals surface area contributed by atoms with Crippen molar-refractivity contribution in [3.63, 3.8) is 0 Å². The third kappa shape index (κ3) is 3.79. The van der Waals surface area contributed by atoms with E-state index in [9.17, 15) is 0 Å². The van der Waals surface area contributed by atoms with Crippen LogP contribution in [0, 0.1) is 0 Å². The van der Waals surface area contributed by atoms with Crippen molar-refractivity contribution in [2.75, 3.05) is 5.32 Å². The number of thioether (sulfide) groups is 1. The summed E-state index contributed by atoms with van der Waals surface area (Å²) in [6, 6.07) is 19.8. The molecule has 0 amide bonds. The van der Waals surface area contributed by atoms with Crippen LogP contribution in [-0.4, -0.2) is 16.0 Å². The molecule has 2 aromatic carbocycles. The van der Waals surface area contributed by atoms with Crippen molar-refractivity contribution in [1.29, 1.82) is 0 Å². The molecule has 0 aliphatic heterocycles. The predicted molar refractivity (Wildman–Crippen MR) is 116 cm³/mol. The fourth-order valence-corrected chi connectivity index (χ4v) is 5.15. The van der Waals surface area contributed by atoms with Gasteiger partial charge in [0.1, 0.15) is 5.82 Å². The fraction of sp³-hybridized carbons (Fsp3) is 0.333. The second-order valence-corrected chi connectivity index (χ2v) is 8.72. The Morgan fingerprint density at radius 3 is 2.36 bits per heavy atom. The molecule has 0 saturated heterocycles. The van der Waals surface area contributed by atoms with E-state index >= 15 is 0 Å². The van der Waals surface area contributed by atoms with Crippen molar-refractivity contribution < 1.29 is 0 Å². The second-order valence-electron chi connectivity index (χ2n) is 7.78. The Balaban J connectivity index is 1.37. The average Bonchev–Trinajstić information content (AvgIpc) is 3.15. The first-order chi connectivity index (χ1) is 13.8. The largest absolute Gasteiger partial charge is 0.366 e. The molecule has 142 valence electrons. The maximum absolute atomic E-state index is 4.97. The molecule has 28 heavy (non-hydrogen) atoms. The molecule has 0 unspecified atom stereocenters. The van der Waals surface area contributed by atoms with Crippen LogP contribution in [0.3, 0.4) is 0 Å². The Bertz CT molecular complexity index is 946. The monoisotopic (exact) mass is 387 g/mol. The number of fused-ring (bicyclic) bond motifs is 2. The van der Waals surface area contributed by atoms with Crippen molar-refractivity contribution in [2.45, 2.75) is 55.5 Å². The fourth-order valence-electron chi connectivity index (χ4n) is 4.33. The van der Waals surface area contributed by atoms with Crippen LogP contribution in [0.2, 0.25) is 0 Å². The van der Waals surface area contributed by atoms with Crippen molar-refractivity contribution in [3.8, 4) is 0 Å². The number of hydrogen-bond donors (Lipinski definition) is 1. The summed E-state index contributed by atoms with van der Waals surface area (Å²) in [5, 5.41) is 4.70. The van der Waals surface area contributed by atoms with Gasteiger partial charge in [-0.25, -0.2) is 9.97 Å². The number of hydrogen-bond acceptors (Lipinski definition) is 4. The van der Waals surface area contributed by atoms with Crippen LogP contribution in [0.1, 0.15) is 40.8 Å². The molecule has 0 radical (unpaired) electrons. The molecule has 0 saturated carbocycles. The number of aromatic nitrogens is 2. The van der Waals surface area contributed by atoms with E-state index in [1.807, 2.05) is 0 Å². The molecule has 1 heterocycles. The Labute approximate surface area is 171 Å². The van der Waals surface area contributed by atoms with Crippen LogP contribution in [0.5, 0.6) is 0 Å². The lowest BCUT2D eigenvalue weighted by Gasteiger charge is -2.22. The van der Waals surface area contributed by atoms with Gasteiger partial charge in [-0.05, 0) is 55.2 Å². The minimum Gasteiger partial charge on any atom is -0.366 e. The van der Waals surface area contributed by atoms with Gasteiger partial charge in [-0.1, -0.05) is 66.4 Å². The average molecular weight is 388 g/mol. The summed E-state index contributed by atoms with van der Waals surface area (Å²) in [6.45, 7) is 0. The van der Waals surface area contributed by atoms with Gasteiger partial charge < -0.3 is 5.32 Å². The molecule has 3 nitrogen and oxygen atoms in total. The van der Waals surface area contributed by atoms with Crippen LogP contribution in [0.4, 0.5) is 5.82 Å². The van der Waals surface area contributed by atoms with Crippen molar-refractivity contribution in [1.82, 2.24) is 9.97 Å². The van der Waals surface area contributed by atoms with Gasteiger partial charge in [-0.2, -0.15) is 0 Å². The van der Waals surface area contributed by atoms with E-state index in [2.05, 4.69) is 59.9 Å². The summed E-state index contributed by atoms with van der Waals surface area (Å²) < 4.78 is 0. The van der Waals surface area contributed by atoms with Gasteiger partial charge in [-0.3, -0.25) is 0 Å². The highest BCUT2D eigenvalue weighted by Gasteiger charge is 2.24. The third-order valence-corrected chi connectivity index (χ3v) is 6.68. The second kappa shape index (κ2) is 7.96. The van der Waals surface area contributed by atoms with E-state index in [-0.39, 0.29) is 0 Å². The van der Waals surface area contributed by atoms with Gasteiger partial charge in [0.05, 0.1) is 5.69 Å². The van der Waals surface area contributed by atoms with E-state index in [1.165, 1.54) is 40.8 Å². The van der Waals surface area contributed by atoms with Crippen LogP contribution >= 0.6 is 11.8 Å². The van der Waals surface area contributed by atoms with Crippen molar-refractivity contribution in [3.05, 3.63) is 82.5 Å². The molecule has 0 bridgehead atoms. The van der Waals surface area contributed by atoms with Gasteiger partial charge in [0, 0.05) is 17.4 Å². The smallest absolute Gasteiger partial charge is 0.190 e. The summed E-state index contributed by atoms with van der Waals surface area (Å²) in [5.41, 5.74) is 6.87.